The van der Waals surface area contributed by atoms with Gasteiger partial charge in [0.15, 0.2) is 0 Å². The van der Waals surface area contributed by atoms with Gasteiger partial charge in [0.05, 0.1) is 0 Å². The molecule has 1 unspecified atom stereocenters. The summed E-state index contributed by atoms with van der Waals surface area (Å²) in [4.78, 5) is 22.7. The number of carbonyl (C=O) groups excluding carboxylic acids is 1. The van der Waals surface area contributed by atoms with Crippen molar-refractivity contribution >= 4 is 11.9 Å². The van der Waals surface area contributed by atoms with Crippen LogP contribution in [-0.4, -0.2) is 23.0 Å². The Morgan fingerprint density at radius 3 is 2.19 bits per heavy atom. The van der Waals surface area contributed by atoms with Crippen molar-refractivity contribution < 1.29 is 14.7 Å². The third kappa shape index (κ3) is 3.51. The van der Waals surface area contributed by atoms with Crippen LogP contribution in [0.15, 0.2) is 0 Å². The third-order valence-electron chi connectivity index (χ3n) is 3.21. The Balaban J connectivity index is 2.59. The second kappa shape index (κ2) is 5.87. The van der Waals surface area contributed by atoms with Crippen LogP contribution < -0.4 is 5.32 Å². The Morgan fingerprint density at radius 2 is 1.75 bits per heavy atom. The molecule has 16 heavy (non-hydrogen) atoms. The van der Waals surface area contributed by atoms with E-state index in [4.69, 9.17) is 5.11 Å². The van der Waals surface area contributed by atoms with Crippen molar-refractivity contribution in [2.75, 3.05) is 0 Å². The van der Waals surface area contributed by atoms with Crippen LogP contribution in [0.3, 0.4) is 0 Å². The van der Waals surface area contributed by atoms with Gasteiger partial charge in [0.25, 0.3) is 0 Å². The Bertz CT molecular complexity index is 257. The number of carboxylic acids is 1. The molecule has 1 saturated carbocycles. The predicted molar refractivity (Wildman–Crippen MR) is 61.0 cm³/mol. The first kappa shape index (κ1) is 13.0. The van der Waals surface area contributed by atoms with E-state index in [2.05, 4.69) is 5.32 Å². The molecule has 1 aliphatic rings. The fourth-order valence-corrected chi connectivity index (χ4v) is 2.17. The summed E-state index contributed by atoms with van der Waals surface area (Å²) in [6.45, 7) is 3.55. The number of carboxylic acid groups (broad SMARTS) is 1. The highest BCUT2D eigenvalue weighted by molar-refractivity contribution is 5.84. The van der Waals surface area contributed by atoms with Gasteiger partial charge in [0.1, 0.15) is 6.04 Å². The van der Waals surface area contributed by atoms with Gasteiger partial charge < -0.3 is 10.4 Å². The maximum atomic E-state index is 11.5. The average Bonchev–Trinajstić information content (AvgIpc) is 2.26. The first-order chi connectivity index (χ1) is 7.52. The van der Waals surface area contributed by atoms with E-state index in [1.54, 1.807) is 13.8 Å². The molecule has 0 radical (unpaired) electrons. The number of hydrogen-bond donors (Lipinski definition) is 2. The average molecular weight is 227 g/mol. The normalized spacial score (nSPS) is 19.4. The molecule has 1 rings (SSSR count). The minimum atomic E-state index is -0.902. The fourth-order valence-electron chi connectivity index (χ4n) is 2.17. The zero-order chi connectivity index (χ0) is 12.1. The summed E-state index contributed by atoms with van der Waals surface area (Å²) in [7, 11) is 0. The van der Waals surface area contributed by atoms with Crippen molar-refractivity contribution in [1.29, 1.82) is 0 Å². The standard InChI is InChI=1S/C12H21NO3/c1-8(2)11(14)13-10(12(15)16)9-6-4-3-5-7-9/h8-10H,3-7H2,1-2H3,(H,13,14)(H,15,16). The smallest absolute Gasteiger partial charge is 0.326 e. The van der Waals surface area contributed by atoms with E-state index in [1.807, 2.05) is 0 Å². The molecule has 4 nitrogen and oxygen atoms in total. The molecule has 4 heteroatoms. The number of hydrogen-bond acceptors (Lipinski definition) is 2. The largest absolute Gasteiger partial charge is 0.480 e. The lowest BCUT2D eigenvalue weighted by Crippen LogP contribution is -2.47. The lowest BCUT2D eigenvalue weighted by atomic mass is 9.83. The van der Waals surface area contributed by atoms with Gasteiger partial charge in [-0.1, -0.05) is 33.1 Å². The lowest BCUT2D eigenvalue weighted by Gasteiger charge is -2.28. The van der Waals surface area contributed by atoms with Crippen molar-refractivity contribution in [3.05, 3.63) is 0 Å². The van der Waals surface area contributed by atoms with Crippen LogP contribution in [-0.2, 0) is 9.59 Å². The van der Waals surface area contributed by atoms with Crippen molar-refractivity contribution in [2.24, 2.45) is 11.8 Å². The molecular weight excluding hydrogens is 206 g/mol. The molecule has 0 aromatic rings. The Labute approximate surface area is 96.4 Å². The van der Waals surface area contributed by atoms with Crippen molar-refractivity contribution in [3.63, 3.8) is 0 Å². The molecule has 1 atom stereocenters. The molecule has 0 aromatic heterocycles. The van der Waals surface area contributed by atoms with Crippen LogP contribution in [0, 0.1) is 11.8 Å². The van der Waals surface area contributed by atoms with Gasteiger partial charge >= 0.3 is 5.97 Å². The van der Waals surface area contributed by atoms with Gasteiger partial charge in [-0.15, -0.1) is 0 Å². The Hall–Kier alpha value is -1.06. The second-order valence-corrected chi connectivity index (χ2v) is 4.88. The van der Waals surface area contributed by atoms with Crippen LogP contribution in [0.4, 0.5) is 0 Å². The van der Waals surface area contributed by atoms with E-state index in [-0.39, 0.29) is 17.7 Å². The molecule has 0 saturated heterocycles. The topological polar surface area (TPSA) is 66.4 Å². The van der Waals surface area contributed by atoms with E-state index >= 15 is 0 Å². The molecular formula is C12H21NO3. The molecule has 0 heterocycles. The number of nitrogens with one attached hydrogen (secondary N) is 1. The molecule has 1 fully saturated rings. The third-order valence-corrected chi connectivity index (χ3v) is 3.21. The molecule has 92 valence electrons. The zero-order valence-electron chi connectivity index (χ0n) is 10.0. The summed E-state index contributed by atoms with van der Waals surface area (Å²) in [5.41, 5.74) is 0. The summed E-state index contributed by atoms with van der Waals surface area (Å²) in [5, 5.41) is 11.8. The highest BCUT2D eigenvalue weighted by atomic mass is 16.4. The minimum absolute atomic E-state index is 0.106. The van der Waals surface area contributed by atoms with Crippen molar-refractivity contribution in [1.82, 2.24) is 5.32 Å². The van der Waals surface area contributed by atoms with E-state index in [0.717, 1.165) is 25.7 Å². The van der Waals surface area contributed by atoms with Gasteiger partial charge in [0.2, 0.25) is 5.91 Å². The van der Waals surface area contributed by atoms with Crippen LogP contribution in [0.1, 0.15) is 46.0 Å². The SMILES string of the molecule is CC(C)C(=O)NC(C(=O)O)C1CCCCC1. The summed E-state index contributed by atoms with van der Waals surface area (Å²) >= 11 is 0. The maximum absolute atomic E-state index is 11.5. The second-order valence-electron chi connectivity index (χ2n) is 4.88. The van der Waals surface area contributed by atoms with Crippen LogP contribution in [0.25, 0.3) is 0 Å². The lowest BCUT2D eigenvalue weighted by molar-refractivity contribution is -0.144. The van der Waals surface area contributed by atoms with E-state index in [1.165, 1.54) is 6.42 Å². The summed E-state index contributed by atoms with van der Waals surface area (Å²) in [6, 6.07) is -0.699. The molecule has 2 N–H and O–H groups in total. The molecule has 0 bridgehead atoms. The fraction of sp³-hybridized carbons (Fsp3) is 0.833. The maximum Gasteiger partial charge on any atom is 0.326 e. The Kier molecular flexibility index (Phi) is 4.77. The number of rotatable bonds is 4. The first-order valence-electron chi connectivity index (χ1n) is 6.05. The van der Waals surface area contributed by atoms with Gasteiger partial charge in [-0.2, -0.15) is 0 Å². The van der Waals surface area contributed by atoms with Gasteiger partial charge in [-0.25, -0.2) is 4.79 Å². The van der Waals surface area contributed by atoms with Crippen molar-refractivity contribution in [2.45, 2.75) is 52.0 Å². The van der Waals surface area contributed by atoms with Crippen LogP contribution >= 0.6 is 0 Å². The predicted octanol–water partition coefficient (Wildman–Crippen LogP) is 1.79. The summed E-state index contributed by atoms with van der Waals surface area (Å²) in [5.74, 6) is -1.13. The van der Waals surface area contributed by atoms with Gasteiger partial charge in [-0.3, -0.25) is 4.79 Å². The monoisotopic (exact) mass is 227 g/mol. The van der Waals surface area contributed by atoms with Gasteiger partial charge in [0, 0.05) is 5.92 Å². The number of carbonyl (C=O) groups is 2. The highest BCUT2D eigenvalue weighted by Crippen LogP contribution is 2.26. The van der Waals surface area contributed by atoms with Crippen LogP contribution in [0.2, 0.25) is 0 Å². The molecule has 1 amide bonds. The zero-order valence-corrected chi connectivity index (χ0v) is 10.0. The van der Waals surface area contributed by atoms with E-state index in [0.29, 0.717) is 0 Å². The Morgan fingerprint density at radius 1 is 1.19 bits per heavy atom. The quantitative estimate of drug-likeness (QED) is 0.769. The number of aliphatic carboxylic acids is 1. The van der Waals surface area contributed by atoms with Crippen LogP contribution in [0.5, 0.6) is 0 Å². The highest BCUT2D eigenvalue weighted by Gasteiger charge is 2.30. The minimum Gasteiger partial charge on any atom is -0.480 e. The molecule has 0 spiro atoms. The summed E-state index contributed by atoms with van der Waals surface area (Å²) in [6.07, 6.45) is 5.16. The van der Waals surface area contributed by atoms with Crippen molar-refractivity contribution in [3.8, 4) is 0 Å². The summed E-state index contributed by atoms with van der Waals surface area (Å²) < 4.78 is 0. The van der Waals surface area contributed by atoms with Gasteiger partial charge in [-0.05, 0) is 18.8 Å². The molecule has 0 aliphatic heterocycles. The van der Waals surface area contributed by atoms with E-state index in [9.17, 15) is 9.59 Å². The molecule has 1 aliphatic carbocycles. The van der Waals surface area contributed by atoms with E-state index < -0.39 is 12.0 Å². The number of amides is 1. The first-order valence-corrected chi connectivity index (χ1v) is 6.05. The molecule has 0 aromatic carbocycles.